The number of nitrogens with zero attached hydrogens (tertiary/aromatic N) is 1. The zero-order valence-electron chi connectivity index (χ0n) is 14.7. The first-order valence-electron chi connectivity index (χ1n) is 8.59. The molecule has 0 spiro atoms. The Labute approximate surface area is 159 Å². The van der Waals surface area contributed by atoms with E-state index in [9.17, 15) is 14.0 Å². The molecule has 28 heavy (non-hydrogen) atoms. The highest BCUT2D eigenvalue weighted by molar-refractivity contribution is 5.91. The van der Waals surface area contributed by atoms with Crippen molar-refractivity contribution < 1.29 is 13.9 Å². The summed E-state index contributed by atoms with van der Waals surface area (Å²) in [5, 5.41) is 2.73. The average Bonchev–Trinajstić information content (AvgIpc) is 2.98. The number of fused-ring (bicyclic) bond motifs is 1. The van der Waals surface area contributed by atoms with Gasteiger partial charge in [-0.05, 0) is 54.6 Å². The molecule has 0 saturated carbocycles. The fourth-order valence-electron chi connectivity index (χ4n) is 2.87. The number of rotatable bonds is 5. The van der Waals surface area contributed by atoms with Crippen molar-refractivity contribution in [1.82, 2.24) is 9.55 Å². The van der Waals surface area contributed by atoms with Crippen LogP contribution in [0, 0.1) is 5.82 Å². The van der Waals surface area contributed by atoms with Crippen molar-refractivity contribution in [2.24, 2.45) is 0 Å². The van der Waals surface area contributed by atoms with Crippen LogP contribution < -0.4 is 15.7 Å². The highest BCUT2D eigenvalue weighted by atomic mass is 19.1. The third-order valence-electron chi connectivity index (χ3n) is 4.15. The number of halogens is 1. The average molecular weight is 377 g/mol. The van der Waals surface area contributed by atoms with Crippen LogP contribution in [0.4, 0.5) is 10.1 Å². The van der Waals surface area contributed by atoms with Crippen LogP contribution in [0.15, 0.2) is 77.6 Å². The molecule has 6 nitrogen and oxygen atoms in total. The summed E-state index contributed by atoms with van der Waals surface area (Å²) in [6, 6.07) is 20.2. The number of hydrogen-bond acceptors (Lipinski definition) is 3. The number of aromatic amines is 1. The maximum atomic E-state index is 13.3. The Bertz CT molecular complexity index is 1180. The number of carbonyl (C=O) groups is 1. The molecule has 0 aliphatic heterocycles. The van der Waals surface area contributed by atoms with E-state index in [-0.39, 0.29) is 12.5 Å². The molecular weight excluding hydrogens is 361 g/mol. The minimum absolute atomic E-state index is 0.188. The summed E-state index contributed by atoms with van der Waals surface area (Å²) in [4.78, 5) is 26.9. The van der Waals surface area contributed by atoms with Crippen LogP contribution in [-0.4, -0.2) is 15.5 Å². The molecule has 0 bridgehead atoms. The van der Waals surface area contributed by atoms with Gasteiger partial charge in [-0.2, -0.15) is 0 Å². The van der Waals surface area contributed by atoms with Gasteiger partial charge < -0.3 is 15.0 Å². The highest BCUT2D eigenvalue weighted by Crippen LogP contribution is 2.22. The summed E-state index contributed by atoms with van der Waals surface area (Å²) < 4.78 is 20.2. The number of carbonyl (C=O) groups excluding carboxylic acids is 1. The second kappa shape index (κ2) is 7.40. The van der Waals surface area contributed by atoms with Crippen LogP contribution in [0.2, 0.25) is 0 Å². The predicted octanol–water partition coefficient (Wildman–Crippen LogP) is 3.90. The van der Waals surface area contributed by atoms with Crippen molar-refractivity contribution in [2.75, 3.05) is 5.32 Å². The third kappa shape index (κ3) is 3.78. The first-order valence-corrected chi connectivity index (χ1v) is 8.59. The van der Waals surface area contributed by atoms with E-state index in [1.807, 2.05) is 30.3 Å². The molecule has 1 aromatic heterocycles. The van der Waals surface area contributed by atoms with Crippen LogP contribution in [0.5, 0.6) is 11.5 Å². The Morgan fingerprint density at radius 2 is 1.71 bits per heavy atom. The standard InChI is InChI=1S/C21H16FN3O3/c22-14-6-11-19-18(12-14)24-21(27)25(19)13-20(26)23-15-7-9-17(10-8-15)28-16-4-2-1-3-5-16/h1-12H,13H2,(H,23,26)(H,24,27). The van der Waals surface area contributed by atoms with E-state index in [4.69, 9.17) is 4.74 Å². The normalized spacial score (nSPS) is 10.8. The number of ether oxygens (including phenoxy) is 1. The second-order valence-corrected chi connectivity index (χ2v) is 6.17. The molecule has 0 atom stereocenters. The summed E-state index contributed by atoms with van der Waals surface area (Å²) in [7, 11) is 0. The van der Waals surface area contributed by atoms with Gasteiger partial charge in [-0.1, -0.05) is 18.2 Å². The molecule has 0 aliphatic rings. The lowest BCUT2D eigenvalue weighted by molar-refractivity contribution is -0.116. The lowest BCUT2D eigenvalue weighted by atomic mass is 10.3. The molecule has 0 aliphatic carbocycles. The number of H-pyrrole nitrogens is 1. The maximum Gasteiger partial charge on any atom is 0.326 e. The van der Waals surface area contributed by atoms with Gasteiger partial charge in [0.25, 0.3) is 0 Å². The molecule has 140 valence electrons. The Hall–Kier alpha value is -3.87. The lowest BCUT2D eigenvalue weighted by Crippen LogP contribution is -2.25. The first kappa shape index (κ1) is 17.5. The number of anilines is 1. The fourth-order valence-corrected chi connectivity index (χ4v) is 2.87. The van der Waals surface area contributed by atoms with Crippen molar-refractivity contribution in [3.8, 4) is 11.5 Å². The lowest BCUT2D eigenvalue weighted by Gasteiger charge is -2.08. The van der Waals surface area contributed by atoms with Gasteiger partial charge in [0.2, 0.25) is 5.91 Å². The summed E-state index contributed by atoms with van der Waals surface area (Å²) in [6.07, 6.45) is 0. The van der Waals surface area contributed by atoms with Gasteiger partial charge in [0, 0.05) is 5.69 Å². The number of nitrogens with one attached hydrogen (secondary N) is 2. The van der Waals surface area contributed by atoms with Crippen molar-refractivity contribution in [3.05, 3.63) is 89.1 Å². The number of aromatic nitrogens is 2. The molecule has 0 unspecified atom stereocenters. The SMILES string of the molecule is O=C(Cn1c(=O)[nH]c2cc(F)ccc21)Nc1ccc(Oc2ccccc2)cc1. The number of amides is 1. The van der Waals surface area contributed by atoms with Crippen molar-refractivity contribution in [3.63, 3.8) is 0 Å². The Morgan fingerprint density at radius 1 is 1.00 bits per heavy atom. The second-order valence-electron chi connectivity index (χ2n) is 6.17. The van der Waals surface area contributed by atoms with Crippen molar-refractivity contribution in [1.29, 1.82) is 0 Å². The molecular formula is C21H16FN3O3. The highest BCUT2D eigenvalue weighted by Gasteiger charge is 2.11. The Kier molecular flexibility index (Phi) is 4.63. The zero-order valence-corrected chi connectivity index (χ0v) is 14.7. The topological polar surface area (TPSA) is 76.1 Å². The van der Waals surface area contributed by atoms with Crippen LogP contribution in [0.1, 0.15) is 0 Å². The number of imidazole rings is 1. The summed E-state index contributed by atoms with van der Waals surface area (Å²) in [5.41, 5.74) is 0.917. The van der Waals surface area contributed by atoms with Crippen LogP contribution >= 0.6 is 0 Å². The zero-order chi connectivity index (χ0) is 19.5. The number of benzene rings is 3. The largest absolute Gasteiger partial charge is 0.457 e. The van der Waals surface area contributed by atoms with Crippen molar-refractivity contribution >= 4 is 22.6 Å². The van der Waals surface area contributed by atoms with E-state index < -0.39 is 11.5 Å². The Balaban J connectivity index is 1.44. The van der Waals surface area contributed by atoms with E-state index >= 15 is 0 Å². The van der Waals surface area contributed by atoms with E-state index in [1.165, 1.54) is 22.8 Å². The maximum absolute atomic E-state index is 13.3. The molecule has 1 amide bonds. The van der Waals surface area contributed by atoms with Gasteiger partial charge in [-0.3, -0.25) is 9.36 Å². The quantitative estimate of drug-likeness (QED) is 0.554. The molecule has 2 N–H and O–H groups in total. The third-order valence-corrected chi connectivity index (χ3v) is 4.15. The molecule has 0 fully saturated rings. The molecule has 3 aromatic carbocycles. The smallest absolute Gasteiger partial charge is 0.326 e. The van der Waals surface area contributed by atoms with E-state index in [1.54, 1.807) is 24.3 Å². The number of hydrogen-bond donors (Lipinski definition) is 2. The van der Waals surface area contributed by atoms with Crippen LogP contribution in [0.3, 0.4) is 0 Å². The summed E-state index contributed by atoms with van der Waals surface area (Å²) >= 11 is 0. The van der Waals surface area contributed by atoms with Crippen LogP contribution in [-0.2, 0) is 11.3 Å². The summed E-state index contributed by atoms with van der Waals surface area (Å²) in [6.45, 7) is -0.188. The van der Waals surface area contributed by atoms with Gasteiger partial charge in [0.05, 0.1) is 11.0 Å². The molecule has 0 radical (unpaired) electrons. The Morgan fingerprint density at radius 3 is 2.46 bits per heavy atom. The van der Waals surface area contributed by atoms with Gasteiger partial charge in [-0.15, -0.1) is 0 Å². The minimum Gasteiger partial charge on any atom is -0.457 e. The molecule has 1 heterocycles. The summed E-state index contributed by atoms with van der Waals surface area (Å²) in [5.74, 6) is 0.528. The van der Waals surface area contributed by atoms with Gasteiger partial charge >= 0.3 is 5.69 Å². The van der Waals surface area contributed by atoms with E-state index in [2.05, 4.69) is 10.3 Å². The molecule has 0 saturated heterocycles. The van der Waals surface area contributed by atoms with Gasteiger partial charge in [0.1, 0.15) is 23.9 Å². The van der Waals surface area contributed by atoms with Gasteiger partial charge in [-0.25, -0.2) is 9.18 Å². The first-order chi connectivity index (χ1) is 13.6. The minimum atomic E-state index is -0.470. The van der Waals surface area contributed by atoms with Crippen LogP contribution in [0.25, 0.3) is 11.0 Å². The van der Waals surface area contributed by atoms with E-state index in [0.717, 1.165) is 5.75 Å². The number of para-hydroxylation sites is 1. The van der Waals surface area contributed by atoms with Crippen molar-refractivity contribution in [2.45, 2.75) is 6.54 Å². The van der Waals surface area contributed by atoms with Gasteiger partial charge in [0.15, 0.2) is 0 Å². The molecule has 4 rings (SSSR count). The fraction of sp³-hybridized carbons (Fsp3) is 0.0476. The van der Waals surface area contributed by atoms with E-state index in [0.29, 0.717) is 22.5 Å². The monoisotopic (exact) mass is 377 g/mol. The predicted molar refractivity (Wildman–Crippen MR) is 104 cm³/mol. The molecule has 7 heteroatoms. The molecule has 4 aromatic rings.